The summed E-state index contributed by atoms with van der Waals surface area (Å²) in [7, 11) is 0. The van der Waals surface area contributed by atoms with E-state index in [0.717, 1.165) is 29.6 Å². The Labute approximate surface area is 95.1 Å². The van der Waals surface area contributed by atoms with E-state index in [9.17, 15) is 0 Å². The molecule has 4 nitrogen and oxygen atoms in total. The van der Waals surface area contributed by atoms with E-state index in [2.05, 4.69) is 36.3 Å². The highest BCUT2D eigenvalue weighted by molar-refractivity contribution is 7.11. The summed E-state index contributed by atoms with van der Waals surface area (Å²) < 4.78 is 5.41. The first-order valence-corrected chi connectivity index (χ1v) is 6.23. The van der Waals surface area contributed by atoms with Crippen LogP contribution in [0.4, 0.5) is 0 Å². The first kappa shape index (κ1) is 12.5. The second kappa shape index (κ2) is 6.87. The maximum Gasteiger partial charge on any atom is 0.143 e. The summed E-state index contributed by atoms with van der Waals surface area (Å²) in [4.78, 5) is 0. The number of hydrogen-bond donors (Lipinski definition) is 1. The molecule has 1 rings (SSSR count). The Bertz CT molecular complexity index is 277. The van der Waals surface area contributed by atoms with Crippen LogP contribution < -0.4 is 5.32 Å². The van der Waals surface area contributed by atoms with Gasteiger partial charge in [0.15, 0.2) is 0 Å². The van der Waals surface area contributed by atoms with Gasteiger partial charge in [0, 0.05) is 6.61 Å². The molecule has 0 aliphatic heterocycles. The van der Waals surface area contributed by atoms with Gasteiger partial charge in [-0.3, -0.25) is 0 Å². The van der Waals surface area contributed by atoms with Crippen molar-refractivity contribution in [1.29, 1.82) is 0 Å². The Hall–Kier alpha value is -0.520. The Morgan fingerprint density at radius 2 is 2.20 bits per heavy atom. The van der Waals surface area contributed by atoms with Gasteiger partial charge in [-0.2, -0.15) is 0 Å². The van der Waals surface area contributed by atoms with Gasteiger partial charge in [-0.1, -0.05) is 25.2 Å². The molecule has 0 bridgehead atoms. The third-order valence-electron chi connectivity index (χ3n) is 1.94. The van der Waals surface area contributed by atoms with Gasteiger partial charge in [-0.15, -0.1) is 10.2 Å². The molecule has 15 heavy (non-hydrogen) atoms. The minimum atomic E-state index is 0.285. The highest BCUT2D eigenvalue weighted by Crippen LogP contribution is 2.17. The lowest BCUT2D eigenvalue weighted by Crippen LogP contribution is -2.17. The van der Waals surface area contributed by atoms with Crippen molar-refractivity contribution in [2.45, 2.75) is 39.8 Å². The Balaban J connectivity index is 2.41. The van der Waals surface area contributed by atoms with Crippen molar-refractivity contribution in [1.82, 2.24) is 15.5 Å². The van der Waals surface area contributed by atoms with Gasteiger partial charge < -0.3 is 10.1 Å². The molecule has 1 heterocycles. The van der Waals surface area contributed by atoms with Crippen molar-refractivity contribution in [2.24, 2.45) is 0 Å². The van der Waals surface area contributed by atoms with Crippen LogP contribution in [0.15, 0.2) is 0 Å². The molecule has 0 saturated carbocycles. The fourth-order valence-corrected chi connectivity index (χ4v) is 2.00. The van der Waals surface area contributed by atoms with Gasteiger partial charge in [0.25, 0.3) is 0 Å². The van der Waals surface area contributed by atoms with Crippen LogP contribution in [0, 0.1) is 0 Å². The number of nitrogens with one attached hydrogen (secondary N) is 1. The predicted octanol–water partition coefficient (Wildman–Crippen LogP) is 2.14. The lowest BCUT2D eigenvalue weighted by atomic mass is 10.3. The van der Waals surface area contributed by atoms with E-state index < -0.39 is 0 Å². The summed E-state index contributed by atoms with van der Waals surface area (Å²) in [5, 5.41) is 13.5. The number of hydrogen-bond acceptors (Lipinski definition) is 5. The normalized spacial score (nSPS) is 13.0. The number of aromatic nitrogens is 2. The molecular formula is C10H19N3OS. The van der Waals surface area contributed by atoms with Gasteiger partial charge in [0.2, 0.25) is 0 Å². The molecule has 86 valence electrons. The summed E-state index contributed by atoms with van der Waals surface area (Å²) in [6, 6.07) is 0.285. The molecule has 0 aliphatic carbocycles. The number of nitrogens with zero attached hydrogens (tertiary/aromatic N) is 2. The highest BCUT2D eigenvalue weighted by atomic mass is 32.1. The number of rotatable bonds is 7. The summed E-state index contributed by atoms with van der Waals surface area (Å²) in [6.07, 6.45) is 1.04. The van der Waals surface area contributed by atoms with E-state index in [0.29, 0.717) is 6.61 Å². The lowest BCUT2D eigenvalue weighted by molar-refractivity contribution is 0.121. The summed E-state index contributed by atoms with van der Waals surface area (Å²) >= 11 is 1.62. The molecule has 0 aromatic carbocycles. The smallest absolute Gasteiger partial charge is 0.143 e. The second-order valence-corrected chi connectivity index (χ2v) is 4.46. The van der Waals surface area contributed by atoms with Crippen LogP contribution >= 0.6 is 11.3 Å². The van der Waals surface area contributed by atoms with Crippen LogP contribution in [-0.2, 0) is 11.3 Å². The quantitative estimate of drug-likeness (QED) is 0.728. The van der Waals surface area contributed by atoms with Crippen molar-refractivity contribution in [3.8, 4) is 0 Å². The van der Waals surface area contributed by atoms with Crippen LogP contribution in [0.1, 0.15) is 43.2 Å². The average molecular weight is 229 g/mol. The third kappa shape index (κ3) is 4.24. The third-order valence-corrected chi connectivity index (χ3v) is 3.02. The fourth-order valence-electron chi connectivity index (χ4n) is 1.20. The zero-order chi connectivity index (χ0) is 11.1. The average Bonchev–Trinajstić information content (AvgIpc) is 2.67. The largest absolute Gasteiger partial charge is 0.374 e. The topological polar surface area (TPSA) is 47.0 Å². The van der Waals surface area contributed by atoms with Crippen LogP contribution in [0.25, 0.3) is 0 Å². The van der Waals surface area contributed by atoms with E-state index in [1.165, 1.54) is 0 Å². The highest BCUT2D eigenvalue weighted by Gasteiger charge is 2.10. The minimum absolute atomic E-state index is 0.285. The molecule has 0 aliphatic rings. The fraction of sp³-hybridized carbons (Fsp3) is 0.800. The van der Waals surface area contributed by atoms with Gasteiger partial charge >= 0.3 is 0 Å². The van der Waals surface area contributed by atoms with E-state index in [-0.39, 0.29) is 6.04 Å². The van der Waals surface area contributed by atoms with Crippen molar-refractivity contribution in [3.63, 3.8) is 0 Å². The Kier molecular flexibility index (Phi) is 5.75. The molecular weight excluding hydrogens is 210 g/mol. The van der Waals surface area contributed by atoms with E-state index in [4.69, 9.17) is 4.74 Å². The maximum atomic E-state index is 5.41. The molecule has 0 fully saturated rings. The maximum absolute atomic E-state index is 5.41. The zero-order valence-electron chi connectivity index (χ0n) is 9.62. The van der Waals surface area contributed by atoms with Gasteiger partial charge in [-0.05, 0) is 19.9 Å². The van der Waals surface area contributed by atoms with Crippen molar-refractivity contribution >= 4 is 11.3 Å². The Morgan fingerprint density at radius 1 is 1.40 bits per heavy atom. The van der Waals surface area contributed by atoms with E-state index >= 15 is 0 Å². The van der Waals surface area contributed by atoms with E-state index in [1.54, 1.807) is 11.3 Å². The Morgan fingerprint density at radius 3 is 2.87 bits per heavy atom. The molecule has 0 radical (unpaired) electrons. The monoisotopic (exact) mass is 229 g/mol. The van der Waals surface area contributed by atoms with Crippen LogP contribution in [0.3, 0.4) is 0 Å². The minimum Gasteiger partial charge on any atom is -0.374 e. The van der Waals surface area contributed by atoms with E-state index in [1.807, 2.05) is 0 Å². The SMILES string of the molecule is CCCOCc1nnc(C(C)NCC)s1. The van der Waals surface area contributed by atoms with Crippen LogP contribution in [-0.4, -0.2) is 23.3 Å². The molecule has 1 aromatic heterocycles. The molecule has 0 spiro atoms. The summed E-state index contributed by atoms with van der Waals surface area (Å²) in [6.45, 7) is 8.60. The lowest BCUT2D eigenvalue weighted by Gasteiger charge is -2.06. The molecule has 1 atom stereocenters. The molecule has 1 N–H and O–H groups in total. The summed E-state index contributed by atoms with van der Waals surface area (Å²) in [5.41, 5.74) is 0. The second-order valence-electron chi connectivity index (χ2n) is 3.37. The van der Waals surface area contributed by atoms with Crippen LogP contribution in [0.5, 0.6) is 0 Å². The molecule has 1 unspecified atom stereocenters. The molecule has 1 aromatic rings. The molecule has 0 saturated heterocycles. The van der Waals surface area contributed by atoms with Gasteiger partial charge in [0.1, 0.15) is 16.6 Å². The first-order chi connectivity index (χ1) is 7.27. The van der Waals surface area contributed by atoms with Crippen molar-refractivity contribution < 1.29 is 4.74 Å². The standard InChI is InChI=1S/C10H19N3OS/c1-4-6-14-7-9-12-13-10(15-9)8(3)11-5-2/h8,11H,4-7H2,1-3H3. The van der Waals surface area contributed by atoms with Gasteiger partial charge in [-0.25, -0.2) is 0 Å². The van der Waals surface area contributed by atoms with Gasteiger partial charge in [0.05, 0.1) is 6.04 Å². The van der Waals surface area contributed by atoms with Crippen molar-refractivity contribution in [2.75, 3.05) is 13.2 Å². The van der Waals surface area contributed by atoms with Crippen molar-refractivity contribution in [3.05, 3.63) is 10.0 Å². The molecule has 5 heteroatoms. The first-order valence-electron chi connectivity index (χ1n) is 5.41. The predicted molar refractivity (Wildman–Crippen MR) is 61.9 cm³/mol. The number of ether oxygens (including phenoxy) is 1. The van der Waals surface area contributed by atoms with Crippen LogP contribution in [0.2, 0.25) is 0 Å². The molecule has 0 amide bonds. The summed E-state index contributed by atoms with van der Waals surface area (Å²) in [5.74, 6) is 0. The zero-order valence-corrected chi connectivity index (χ0v) is 10.4.